The van der Waals surface area contributed by atoms with Gasteiger partial charge in [0.25, 0.3) is 0 Å². The predicted molar refractivity (Wildman–Crippen MR) is 386 cm³/mol. The van der Waals surface area contributed by atoms with Crippen LogP contribution in [0, 0.1) is 23.7 Å². The molecule has 3 N–H and O–H groups in total. The predicted octanol–water partition coefficient (Wildman–Crippen LogP) is 22.0. The number of esters is 4. The van der Waals surface area contributed by atoms with Gasteiger partial charge in [-0.25, -0.2) is 9.13 Å². The fourth-order valence-electron chi connectivity index (χ4n) is 11.5. The van der Waals surface area contributed by atoms with E-state index in [0.29, 0.717) is 31.6 Å². The molecule has 0 aliphatic heterocycles. The molecule has 0 amide bonds. The summed E-state index contributed by atoms with van der Waals surface area (Å²) in [5, 5.41) is 10.6. The van der Waals surface area contributed by atoms with Gasteiger partial charge in [-0.05, 0) is 49.4 Å². The van der Waals surface area contributed by atoms with Crippen LogP contribution in [0.5, 0.6) is 0 Å². The van der Waals surface area contributed by atoms with Crippen molar-refractivity contribution >= 4 is 39.5 Å². The van der Waals surface area contributed by atoms with Gasteiger partial charge >= 0.3 is 39.5 Å². The van der Waals surface area contributed by atoms with Crippen molar-refractivity contribution in [2.24, 2.45) is 23.7 Å². The van der Waals surface area contributed by atoms with Gasteiger partial charge in [-0.3, -0.25) is 37.3 Å². The van der Waals surface area contributed by atoms with E-state index in [-0.39, 0.29) is 25.7 Å². The van der Waals surface area contributed by atoms with Crippen LogP contribution in [0.15, 0.2) is 0 Å². The first-order valence-corrected chi connectivity index (χ1v) is 42.2. The highest BCUT2D eigenvalue weighted by atomic mass is 31.2. The van der Waals surface area contributed by atoms with Crippen molar-refractivity contribution in [3.05, 3.63) is 0 Å². The Morgan fingerprint density at radius 2 is 0.505 bits per heavy atom. The van der Waals surface area contributed by atoms with Crippen LogP contribution in [0.3, 0.4) is 0 Å². The minimum atomic E-state index is -4.96. The van der Waals surface area contributed by atoms with Crippen LogP contribution < -0.4 is 0 Å². The van der Waals surface area contributed by atoms with Crippen LogP contribution in [-0.2, 0) is 65.4 Å². The molecule has 0 heterocycles. The molecule has 95 heavy (non-hydrogen) atoms. The van der Waals surface area contributed by atoms with E-state index < -0.39 is 97.5 Å². The lowest BCUT2D eigenvalue weighted by Gasteiger charge is -2.21. The average molecular weight is 1400 g/mol. The van der Waals surface area contributed by atoms with Crippen LogP contribution >= 0.6 is 15.6 Å². The lowest BCUT2D eigenvalue weighted by molar-refractivity contribution is -0.161. The normalized spacial score (nSPS) is 14.4. The van der Waals surface area contributed by atoms with Crippen molar-refractivity contribution in [2.45, 2.75) is 401 Å². The van der Waals surface area contributed by atoms with Gasteiger partial charge < -0.3 is 33.8 Å². The largest absolute Gasteiger partial charge is 0.472 e. The van der Waals surface area contributed by atoms with Gasteiger partial charge in [0.05, 0.1) is 26.4 Å². The Bertz CT molecular complexity index is 1870. The van der Waals surface area contributed by atoms with Crippen molar-refractivity contribution in [2.75, 3.05) is 39.6 Å². The second kappa shape index (κ2) is 65.4. The molecule has 0 bridgehead atoms. The number of phosphoric acid groups is 2. The summed E-state index contributed by atoms with van der Waals surface area (Å²) in [5.74, 6) is 0.915. The van der Waals surface area contributed by atoms with E-state index in [9.17, 15) is 43.2 Å². The summed E-state index contributed by atoms with van der Waals surface area (Å²) in [6, 6.07) is 0. The third-order valence-corrected chi connectivity index (χ3v) is 19.8. The molecule has 0 rings (SSSR count). The molecule has 0 saturated carbocycles. The number of ether oxygens (including phenoxy) is 4. The van der Waals surface area contributed by atoms with Gasteiger partial charge in [0.1, 0.15) is 19.3 Å². The highest BCUT2D eigenvalue weighted by Gasteiger charge is 2.30. The van der Waals surface area contributed by atoms with E-state index in [1.165, 1.54) is 186 Å². The van der Waals surface area contributed by atoms with Gasteiger partial charge in [0.2, 0.25) is 0 Å². The Hall–Kier alpha value is -1.94. The number of carbonyl (C=O) groups is 4. The Morgan fingerprint density at radius 1 is 0.295 bits per heavy atom. The van der Waals surface area contributed by atoms with E-state index in [1.807, 2.05) is 0 Å². The van der Waals surface area contributed by atoms with Crippen LogP contribution in [0.4, 0.5) is 0 Å². The molecule has 19 heteroatoms. The minimum absolute atomic E-state index is 0.101. The Balaban J connectivity index is 5.22. The summed E-state index contributed by atoms with van der Waals surface area (Å²) in [6.45, 7) is 14.1. The number of hydrogen-bond acceptors (Lipinski definition) is 15. The Morgan fingerprint density at radius 3 is 0.747 bits per heavy atom. The molecule has 0 spiro atoms. The molecule has 4 unspecified atom stereocenters. The number of phosphoric ester groups is 2. The van der Waals surface area contributed by atoms with Crippen molar-refractivity contribution < 1.29 is 80.2 Å². The topological polar surface area (TPSA) is 237 Å². The molecule has 0 aromatic rings. The first kappa shape index (κ1) is 93.1. The second-order valence-corrected chi connectivity index (χ2v) is 32.0. The second-order valence-electron chi connectivity index (χ2n) is 29.1. The summed E-state index contributed by atoms with van der Waals surface area (Å²) in [6.07, 6.45) is 50.2. The van der Waals surface area contributed by atoms with Crippen LogP contribution in [0.2, 0.25) is 0 Å². The van der Waals surface area contributed by atoms with E-state index in [0.717, 1.165) is 108 Å². The molecule has 6 atom stereocenters. The number of unbranched alkanes of at least 4 members (excludes halogenated alkanes) is 38. The Labute approximate surface area is 581 Å². The van der Waals surface area contributed by atoms with E-state index in [1.54, 1.807) is 0 Å². The highest BCUT2D eigenvalue weighted by Crippen LogP contribution is 2.45. The molecule has 17 nitrogen and oxygen atoms in total. The van der Waals surface area contributed by atoms with Crippen molar-refractivity contribution in [3.8, 4) is 0 Å². The summed E-state index contributed by atoms with van der Waals surface area (Å²) in [4.78, 5) is 72.7. The molecule has 0 radical (unpaired) electrons. The molecule has 0 fully saturated rings. The third kappa shape index (κ3) is 69.0. The lowest BCUT2D eigenvalue weighted by Crippen LogP contribution is -2.30. The van der Waals surface area contributed by atoms with Gasteiger partial charge in [-0.2, -0.15) is 0 Å². The van der Waals surface area contributed by atoms with Crippen LogP contribution in [0.25, 0.3) is 0 Å². The van der Waals surface area contributed by atoms with E-state index in [2.05, 4.69) is 55.4 Å². The number of aliphatic hydroxyl groups is 1. The quantitative estimate of drug-likeness (QED) is 0.0222. The maximum absolute atomic E-state index is 13.1. The summed E-state index contributed by atoms with van der Waals surface area (Å²) < 4.78 is 68.5. The fourth-order valence-corrected chi connectivity index (χ4v) is 13.1. The molecule has 0 aromatic heterocycles. The van der Waals surface area contributed by atoms with Crippen molar-refractivity contribution in [1.29, 1.82) is 0 Å². The van der Waals surface area contributed by atoms with Gasteiger partial charge in [-0.15, -0.1) is 0 Å². The molecular formula is C76H148O17P2. The van der Waals surface area contributed by atoms with Crippen molar-refractivity contribution in [1.82, 2.24) is 0 Å². The number of aliphatic hydroxyl groups excluding tert-OH is 1. The zero-order valence-electron chi connectivity index (χ0n) is 62.3. The number of hydrogen-bond donors (Lipinski definition) is 3. The van der Waals surface area contributed by atoms with E-state index in [4.69, 9.17) is 37.0 Å². The Kier molecular flexibility index (Phi) is 64.0. The first-order valence-electron chi connectivity index (χ1n) is 39.2. The molecule has 0 saturated heterocycles. The molecule has 0 aromatic carbocycles. The molecule has 564 valence electrons. The zero-order valence-corrected chi connectivity index (χ0v) is 64.1. The average Bonchev–Trinajstić information content (AvgIpc) is 1.56. The van der Waals surface area contributed by atoms with Gasteiger partial charge in [-0.1, -0.05) is 331 Å². The van der Waals surface area contributed by atoms with Crippen LogP contribution in [-0.4, -0.2) is 96.7 Å². The highest BCUT2D eigenvalue weighted by molar-refractivity contribution is 7.47. The van der Waals surface area contributed by atoms with E-state index >= 15 is 0 Å². The number of carbonyl (C=O) groups excluding carboxylic acids is 4. The fraction of sp³-hybridized carbons (Fsp3) is 0.947. The van der Waals surface area contributed by atoms with Gasteiger partial charge in [0, 0.05) is 25.7 Å². The van der Waals surface area contributed by atoms with Gasteiger partial charge in [0.15, 0.2) is 12.2 Å². The summed E-state index contributed by atoms with van der Waals surface area (Å²) in [5.41, 5.74) is 0. The maximum atomic E-state index is 13.1. The van der Waals surface area contributed by atoms with Crippen molar-refractivity contribution in [3.63, 3.8) is 0 Å². The first-order chi connectivity index (χ1) is 45.6. The smallest absolute Gasteiger partial charge is 0.462 e. The molecule has 0 aliphatic carbocycles. The SMILES string of the molecule is CCC(C)CCCCCCCCCCCCCCCCC(=O)O[C@H](COC(=O)CCCCCCCCCCCCCCCCC(C)C)COP(=O)(O)OCC(O)COP(=O)(O)OC[C@@H](COC(=O)CCCCCCCCCCC(C)C)OC(=O)CCCCCCCCC(C)C. The standard InChI is InChI=1S/C76H148O17P2/c1-9-69(8)55-47-39-30-23-19-15-11-13-17-21-25-33-42-50-58-75(80)92-71(62-86-73(78)56-48-40-31-24-20-16-12-10-14-18-22-28-36-44-52-66(2)3)64-90-94(82,83)88-60-70(77)61-89-95(84,85)91-65-72(93-76(81)59-51-43-35-34-38-46-54-68(6)7)63-87-74(79)57-49-41-32-27-26-29-37-45-53-67(4)5/h66-72,77H,9-65H2,1-8H3,(H,82,83)(H,84,85)/t69?,70?,71-,72-/m1/s1. The zero-order chi connectivity index (χ0) is 70.3. The summed E-state index contributed by atoms with van der Waals surface area (Å²) >= 11 is 0. The lowest BCUT2D eigenvalue weighted by atomic mass is 9.99. The number of rotatable bonds is 73. The summed E-state index contributed by atoms with van der Waals surface area (Å²) in [7, 11) is -9.91. The molecular weight excluding hydrogens is 1250 g/mol. The third-order valence-electron chi connectivity index (χ3n) is 17.9. The van der Waals surface area contributed by atoms with Crippen LogP contribution in [0.1, 0.15) is 383 Å². The maximum Gasteiger partial charge on any atom is 0.472 e. The molecule has 0 aliphatic rings. The minimum Gasteiger partial charge on any atom is -0.462 e. The monoisotopic (exact) mass is 1400 g/mol.